The maximum absolute atomic E-state index is 12.9. The third-order valence-electron chi connectivity index (χ3n) is 4.91. The predicted molar refractivity (Wildman–Crippen MR) is 121 cm³/mol. The van der Waals surface area contributed by atoms with Gasteiger partial charge in [-0.25, -0.2) is 9.82 Å². The van der Waals surface area contributed by atoms with Crippen LogP contribution in [0.15, 0.2) is 47.6 Å². The summed E-state index contributed by atoms with van der Waals surface area (Å²) >= 11 is 0. The number of carbonyl (C=O) groups excluding carboxylic acids is 2. The highest BCUT2D eigenvalue weighted by atomic mass is 19.1. The normalized spacial score (nSPS) is 13.6. The van der Waals surface area contributed by atoms with Crippen LogP contribution in [0.3, 0.4) is 0 Å². The van der Waals surface area contributed by atoms with Crippen molar-refractivity contribution < 1.29 is 28.2 Å². The summed E-state index contributed by atoms with van der Waals surface area (Å²) in [5.74, 6) is 0.458. The fourth-order valence-corrected chi connectivity index (χ4v) is 3.26. The molecule has 0 radical (unpaired) electrons. The van der Waals surface area contributed by atoms with Gasteiger partial charge in [-0.3, -0.25) is 9.59 Å². The van der Waals surface area contributed by atoms with Crippen LogP contribution in [0.4, 0.5) is 4.39 Å². The third kappa shape index (κ3) is 7.78. The number of likely N-dealkylation sites (tertiary alicyclic amines) is 1. The second kappa shape index (κ2) is 12.4. The molecule has 0 unspecified atom stereocenters. The molecule has 1 heterocycles. The molecule has 1 fully saturated rings. The molecule has 3 rings (SSSR count). The van der Waals surface area contributed by atoms with Crippen molar-refractivity contribution in [2.45, 2.75) is 26.2 Å². The minimum atomic E-state index is -0.461. The summed E-state index contributed by atoms with van der Waals surface area (Å²) < 4.78 is 29.5. The summed E-state index contributed by atoms with van der Waals surface area (Å²) in [7, 11) is 0. The minimum absolute atomic E-state index is 0.0339. The first-order valence-corrected chi connectivity index (χ1v) is 10.9. The lowest BCUT2D eigenvalue weighted by Crippen LogP contribution is -2.38. The van der Waals surface area contributed by atoms with Gasteiger partial charge >= 0.3 is 0 Å². The van der Waals surface area contributed by atoms with Crippen molar-refractivity contribution in [2.24, 2.45) is 5.10 Å². The fourth-order valence-electron chi connectivity index (χ4n) is 3.26. The first-order chi connectivity index (χ1) is 16.0. The van der Waals surface area contributed by atoms with Crippen LogP contribution in [0.25, 0.3) is 0 Å². The van der Waals surface area contributed by atoms with Crippen molar-refractivity contribution in [3.05, 3.63) is 53.8 Å². The van der Waals surface area contributed by atoms with Crippen molar-refractivity contribution in [3.63, 3.8) is 0 Å². The number of amides is 2. The van der Waals surface area contributed by atoms with Crippen LogP contribution in [-0.2, 0) is 9.59 Å². The van der Waals surface area contributed by atoms with Gasteiger partial charge in [0, 0.05) is 13.1 Å². The van der Waals surface area contributed by atoms with E-state index >= 15 is 0 Å². The third-order valence-corrected chi connectivity index (χ3v) is 4.91. The van der Waals surface area contributed by atoms with Crippen LogP contribution in [0.2, 0.25) is 0 Å². The number of hydrogen-bond donors (Lipinski definition) is 1. The quantitative estimate of drug-likeness (QED) is 0.437. The molecular weight excluding hydrogens is 429 g/mol. The molecule has 1 N–H and O–H groups in total. The SMILES string of the molecule is CCOc1cc(/C=N/NC(=O)COc2ccc(F)cc2)ccc1OCC(=O)N1CCCCC1. The molecule has 1 saturated heterocycles. The van der Waals surface area contributed by atoms with Gasteiger partial charge in [-0.1, -0.05) is 0 Å². The summed E-state index contributed by atoms with van der Waals surface area (Å²) in [4.78, 5) is 26.0. The van der Waals surface area contributed by atoms with Gasteiger partial charge in [0.2, 0.25) is 0 Å². The van der Waals surface area contributed by atoms with Crippen LogP contribution in [0, 0.1) is 5.82 Å². The van der Waals surface area contributed by atoms with E-state index in [-0.39, 0.29) is 24.9 Å². The van der Waals surface area contributed by atoms with Crippen LogP contribution >= 0.6 is 0 Å². The largest absolute Gasteiger partial charge is 0.490 e. The van der Waals surface area contributed by atoms with Crippen molar-refractivity contribution in [2.75, 3.05) is 32.9 Å². The lowest BCUT2D eigenvalue weighted by molar-refractivity contribution is -0.134. The Morgan fingerprint density at radius 1 is 1.00 bits per heavy atom. The minimum Gasteiger partial charge on any atom is -0.490 e. The van der Waals surface area contributed by atoms with E-state index in [1.54, 1.807) is 18.2 Å². The Morgan fingerprint density at radius 2 is 1.76 bits per heavy atom. The van der Waals surface area contributed by atoms with Crippen LogP contribution in [0.5, 0.6) is 17.2 Å². The Hall–Kier alpha value is -3.62. The molecule has 33 heavy (non-hydrogen) atoms. The molecule has 9 heteroatoms. The molecule has 0 bridgehead atoms. The van der Waals surface area contributed by atoms with Gasteiger partial charge in [0.25, 0.3) is 11.8 Å². The maximum atomic E-state index is 12.9. The average Bonchev–Trinajstić information content (AvgIpc) is 2.84. The maximum Gasteiger partial charge on any atom is 0.277 e. The van der Waals surface area contributed by atoms with E-state index in [4.69, 9.17) is 14.2 Å². The second-order valence-corrected chi connectivity index (χ2v) is 7.41. The smallest absolute Gasteiger partial charge is 0.277 e. The van der Waals surface area contributed by atoms with Crippen molar-refractivity contribution in [1.82, 2.24) is 10.3 Å². The van der Waals surface area contributed by atoms with Crippen molar-refractivity contribution in [3.8, 4) is 17.2 Å². The van der Waals surface area contributed by atoms with E-state index in [0.29, 0.717) is 29.4 Å². The zero-order valence-electron chi connectivity index (χ0n) is 18.6. The molecule has 1 aliphatic heterocycles. The van der Waals surface area contributed by atoms with E-state index in [1.165, 1.54) is 30.5 Å². The molecule has 8 nitrogen and oxygen atoms in total. The van der Waals surface area contributed by atoms with Crippen molar-refractivity contribution >= 4 is 18.0 Å². The monoisotopic (exact) mass is 457 g/mol. The molecule has 2 amide bonds. The van der Waals surface area contributed by atoms with E-state index < -0.39 is 5.91 Å². The van der Waals surface area contributed by atoms with Crippen molar-refractivity contribution in [1.29, 1.82) is 0 Å². The molecule has 0 aliphatic carbocycles. The summed E-state index contributed by atoms with van der Waals surface area (Å²) in [6.07, 6.45) is 4.67. The van der Waals surface area contributed by atoms with Gasteiger partial charge in [0.05, 0.1) is 12.8 Å². The highest BCUT2D eigenvalue weighted by Crippen LogP contribution is 2.28. The lowest BCUT2D eigenvalue weighted by Gasteiger charge is -2.26. The van der Waals surface area contributed by atoms with Gasteiger partial charge < -0.3 is 19.1 Å². The Labute approximate surface area is 192 Å². The van der Waals surface area contributed by atoms with Crippen LogP contribution in [0.1, 0.15) is 31.7 Å². The van der Waals surface area contributed by atoms with Gasteiger partial charge in [-0.15, -0.1) is 0 Å². The molecule has 0 aromatic heterocycles. The average molecular weight is 458 g/mol. The first-order valence-electron chi connectivity index (χ1n) is 10.9. The zero-order chi connectivity index (χ0) is 23.5. The standard InChI is InChI=1S/C24H28FN3O5/c1-2-31-22-14-18(6-11-21(22)33-17-24(30)28-12-4-3-5-13-28)15-26-27-23(29)16-32-20-9-7-19(25)8-10-20/h6-11,14-15H,2-5,12-13,16-17H2,1H3,(H,27,29)/b26-15+. The fraction of sp³-hybridized carbons (Fsp3) is 0.375. The Morgan fingerprint density at radius 3 is 2.48 bits per heavy atom. The topological polar surface area (TPSA) is 89.5 Å². The lowest BCUT2D eigenvalue weighted by atomic mass is 10.1. The van der Waals surface area contributed by atoms with E-state index in [2.05, 4.69) is 10.5 Å². The molecule has 0 saturated carbocycles. The number of ether oxygens (including phenoxy) is 3. The second-order valence-electron chi connectivity index (χ2n) is 7.41. The van der Waals surface area contributed by atoms with Gasteiger partial charge in [-0.05, 0) is 74.2 Å². The number of halogens is 1. The number of nitrogens with one attached hydrogen (secondary N) is 1. The first kappa shape index (κ1) is 24.0. The molecule has 0 atom stereocenters. The van der Waals surface area contributed by atoms with E-state index in [9.17, 15) is 14.0 Å². The molecule has 1 aliphatic rings. The van der Waals surface area contributed by atoms with Gasteiger partial charge in [0.1, 0.15) is 11.6 Å². The molecule has 2 aromatic rings. The molecule has 0 spiro atoms. The molecular formula is C24H28FN3O5. The summed E-state index contributed by atoms with van der Waals surface area (Å²) in [5.41, 5.74) is 3.04. The Bertz CT molecular complexity index is 959. The van der Waals surface area contributed by atoms with E-state index in [1.807, 2.05) is 11.8 Å². The number of hydrogen-bond acceptors (Lipinski definition) is 6. The number of carbonyl (C=O) groups is 2. The molecule has 176 valence electrons. The summed E-state index contributed by atoms with van der Waals surface area (Å²) in [6, 6.07) is 10.5. The van der Waals surface area contributed by atoms with Crippen LogP contribution < -0.4 is 19.6 Å². The number of nitrogens with zero attached hydrogens (tertiary/aromatic N) is 2. The zero-order valence-corrected chi connectivity index (χ0v) is 18.6. The summed E-state index contributed by atoms with van der Waals surface area (Å²) in [5, 5.41) is 3.91. The summed E-state index contributed by atoms with van der Waals surface area (Å²) in [6.45, 7) is 3.52. The number of hydrazone groups is 1. The number of rotatable bonds is 10. The number of piperidine rings is 1. The Kier molecular flexibility index (Phi) is 9.05. The highest BCUT2D eigenvalue weighted by Gasteiger charge is 2.17. The predicted octanol–water partition coefficient (Wildman–Crippen LogP) is 3.14. The van der Waals surface area contributed by atoms with Crippen LogP contribution in [-0.4, -0.2) is 55.8 Å². The van der Waals surface area contributed by atoms with Gasteiger partial charge in [0.15, 0.2) is 24.7 Å². The molecule has 2 aromatic carbocycles. The Balaban J connectivity index is 1.50. The highest BCUT2D eigenvalue weighted by molar-refractivity contribution is 5.84. The van der Waals surface area contributed by atoms with Gasteiger partial charge in [-0.2, -0.15) is 5.10 Å². The number of benzene rings is 2. The van der Waals surface area contributed by atoms with E-state index in [0.717, 1.165) is 32.4 Å².